The molecule has 2 N–H and O–H groups in total. The van der Waals surface area contributed by atoms with Crippen molar-refractivity contribution in [2.75, 3.05) is 11.9 Å². The Morgan fingerprint density at radius 3 is 2.65 bits per heavy atom. The van der Waals surface area contributed by atoms with Gasteiger partial charge in [0, 0.05) is 11.0 Å². The maximum atomic E-state index is 11.8. The quantitative estimate of drug-likeness (QED) is 0.857. The minimum atomic E-state index is -0.0788. The van der Waals surface area contributed by atoms with Crippen molar-refractivity contribution in [1.29, 1.82) is 0 Å². The lowest BCUT2D eigenvalue weighted by atomic mass is 10.2. The zero-order chi connectivity index (χ0) is 14.4. The van der Waals surface area contributed by atoms with Crippen LogP contribution in [0.25, 0.3) is 0 Å². The maximum Gasteiger partial charge on any atom is 0.239 e. The Balaban J connectivity index is 1.82. The van der Waals surface area contributed by atoms with Gasteiger partial charge in [-0.1, -0.05) is 57.9 Å². The summed E-state index contributed by atoms with van der Waals surface area (Å²) in [4.78, 5) is 11.8. The largest absolute Gasteiger partial charge is 0.375 e. The van der Waals surface area contributed by atoms with Gasteiger partial charge in [0.1, 0.15) is 0 Å². The van der Waals surface area contributed by atoms with E-state index in [4.69, 9.17) is 11.6 Å². The molecule has 0 bridgehead atoms. The van der Waals surface area contributed by atoms with Gasteiger partial charge in [-0.05, 0) is 23.8 Å². The van der Waals surface area contributed by atoms with Gasteiger partial charge in [0.15, 0.2) is 0 Å². The number of rotatable bonds is 5. The van der Waals surface area contributed by atoms with Gasteiger partial charge in [0.2, 0.25) is 5.91 Å². The van der Waals surface area contributed by atoms with Crippen molar-refractivity contribution in [2.45, 2.75) is 6.54 Å². The standard InChI is InChI=1S/C15H14BrClN2O/c16-12-6-7-13(17)14(8-12)18-10-15(20)19-9-11-4-2-1-3-5-11/h1-8,18H,9-10H2,(H,19,20). The van der Waals surface area contributed by atoms with Crippen LogP contribution in [0.15, 0.2) is 53.0 Å². The Morgan fingerprint density at radius 1 is 1.15 bits per heavy atom. The fourth-order valence-electron chi connectivity index (χ4n) is 1.67. The first-order valence-corrected chi connectivity index (χ1v) is 7.32. The van der Waals surface area contributed by atoms with E-state index >= 15 is 0 Å². The third kappa shape index (κ3) is 4.54. The van der Waals surface area contributed by atoms with Crippen LogP contribution in [0.5, 0.6) is 0 Å². The molecule has 0 unspecified atom stereocenters. The van der Waals surface area contributed by atoms with E-state index in [0.29, 0.717) is 11.6 Å². The van der Waals surface area contributed by atoms with E-state index in [0.717, 1.165) is 15.7 Å². The molecule has 0 radical (unpaired) electrons. The van der Waals surface area contributed by atoms with E-state index in [-0.39, 0.29) is 12.5 Å². The van der Waals surface area contributed by atoms with Gasteiger partial charge >= 0.3 is 0 Å². The summed E-state index contributed by atoms with van der Waals surface area (Å²) in [5, 5.41) is 6.45. The first kappa shape index (κ1) is 14.9. The number of hydrogen-bond donors (Lipinski definition) is 2. The lowest BCUT2D eigenvalue weighted by Gasteiger charge is -2.09. The molecular weight excluding hydrogens is 340 g/mol. The molecule has 0 heterocycles. The Labute approximate surface area is 131 Å². The average Bonchev–Trinajstić information content (AvgIpc) is 2.47. The van der Waals surface area contributed by atoms with Crippen molar-refractivity contribution in [2.24, 2.45) is 0 Å². The summed E-state index contributed by atoms with van der Waals surface area (Å²) in [7, 11) is 0. The van der Waals surface area contributed by atoms with Crippen molar-refractivity contribution in [3.63, 3.8) is 0 Å². The van der Waals surface area contributed by atoms with Gasteiger partial charge in [-0.15, -0.1) is 0 Å². The second kappa shape index (κ2) is 7.31. The van der Waals surface area contributed by atoms with Crippen molar-refractivity contribution < 1.29 is 4.79 Å². The Kier molecular flexibility index (Phi) is 5.44. The molecule has 0 aliphatic carbocycles. The lowest BCUT2D eigenvalue weighted by molar-refractivity contribution is -0.119. The van der Waals surface area contributed by atoms with Gasteiger partial charge < -0.3 is 10.6 Å². The Morgan fingerprint density at radius 2 is 1.90 bits per heavy atom. The van der Waals surface area contributed by atoms with Crippen LogP contribution in [0.2, 0.25) is 5.02 Å². The molecule has 0 fully saturated rings. The molecular formula is C15H14BrClN2O. The summed E-state index contributed by atoms with van der Waals surface area (Å²) in [5.41, 5.74) is 1.80. The molecule has 0 atom stereocenters. The molecule has 2 rings (SSSR count). The molecule has 2 aromatic rings. The van der Waals surface area contributed by atoms with E-state index in [1.54, 1.807) is 6.07 Å². The summed E-state index contributed by atoms with van der Waals surface area (Å²) in [6.07, 6.45) is 0. The lowest BCUT2D eigenvalue weighted by Crippen LogP contribution is -2.29. The average molecular weight is 354 g/mol. The first-order chi connectivity index (χ1) is 9.65. The van der Waals surface area contributed by atoms with E-state index in [1.807, 2.05) is 42.5 Å². The summed E-state index contributed by atoms with van der Waals surface area (Å²) in [6, 6.07) is 15.2. The molecule has 2 aromatic carbocycles. The zero-order valence-electron chi connectivity index (χ0n) is 10.7. The third-order valence-electron chi connectivity index (χ3n) is 2.70. The highest BCUT2D eigenvalue weighted by atomic mass is 79.9. The molecule has 0 saturated heterocycles. The second-order valence-electron chi connectivity index (χ2n) is 4.24. The smallest absolute Gasteiger partial charge is 0.239 e. The van der Waals surface area contributed by atoms with Crippen LogP contribution in [-0.4, -0.2) is 12.5 Å². The summed E-state index contributed by atoms with van der Waals surface area (Å²) in [6.45, 7) is 0.705. The highest BCUT2D eigenvalue weighted by Gasteiger charge is 2.04. The highest BCUT2D eigenvalue weighted by molar-refractivity contribution is 9.10. The number of carbonyl (C=O) groups excluding carboxylic acids is 1. The van der Waals surface area contributed by atoms with Crippen LogP contribution in [0, 0.1) is 0 Å². The fourth-order valence-corrected chi connectivity index (χ4v) is 2.21. The van der Waals surface area contributed by atoms with Crippen molar-refractivity contribution in [3.05, 3.63) is 63.6 Å². The zero-order valence-corrected chi connectivity index (χ0v) is 13.0. The van der Waals surface area contributed by atoms with Gasteiger partial charge in [-0.3, -0.25) is 4.79 Å². The highest BCUT2D eigenvalue weighted by Crippen LogP contribution is 2.25. The second-order valence-corrected chi connectivity index (χ2v) is 5.56. The molecule has 0 spiro atoms. The van der Waals surface area contributed by atoms with E-state index in [9.17, 15) is 4.79 Å². The van der Waals surface area contributed by atoms with Gasteiger partial charge in [0.05, 0.1) is 17.3 Å². The van der Waals surface area contributed by atoms with Crippen LogP contribution < -0.4 is 10.6 Å². The fraction of sp³-hybridized carbons (Fsp3) is 0.133. The van der Waals surface area contributed by atoms with Crippen molar-refractivity contribution in [3.8, 4) is 0 Å². The minimum absolute atomic E-state index is 0.0788. The third-order valence-corrected chi connectivity index (χ3v) is 3.52. The predicted octanol–water partition coefficient (Wildman–Crippen LogP) is 3.83. The number of hydrogen-bond acceptors (Lipinski definition) is 2. The molecule has 104 valence electrons. The maximum absolute atomic E-state index is 11.8. The number of carbonyl (C=O) groups is 1. The molecule has 0 saturated carbocycles. The predicted molar refractivity (Wildman–Crippen MR) is 85.9 cm³/mol. The van der Waals surface area contributed by atoms with E-state index < -0.39 is 0 Å². The molecule has 20 heavy (non-hydrogen) atoms. The van der Waals surface area contributed by atoms with Crippen LogP contribution in [0.4, 0.5) is 5.69 Å². The molecule has 0 aliphatic rings. The van der Waals surface area contributed by atoms with Gasteiger partial charge in [-0.25, -0.2) is 0 Å². The molecule has 3 nitrogen and oxygen atoms in total. The van der Waals surface area contributed by atoms with E-state index in [2.05, 4.69) is 26.6 Å². The SMILES string of the molecule is O=C(CNc1cc(Br)ccc1Cl)NCc1ccccc1. The first-order valence-electron chi connectivity index (χ1n) is 6.15. The van der Waals surface area contributed by atoms with E-state index in [1.165, 1.54) is 0 Å². The monoisotopic (exact) mass is 352 g/mol. The van der Waals surface area contributed by atoms with Crippen LogP contribution >= 0.6 is 27.5 Å². The topological polar surface area (TPSA) is 41.1 Å². The van der Waals surface area contributed by atoms with Gasteiger partial charge in [0.25, 0.3) is 0 Å². The number of benzene rings is 2. The molecule has 0 aliphatic heterocycles. The number of nitrogens with one attached hydrogen (secondary N) is 2. The van der Waals surface area contributed by atoms with Crippen molar-refractivity contribution in [1.82, 2.24) is 5.32 Å². The minimum Gasteiger partial charge on any atom is -0.375 e. The number of amides is 1. The Bertz CT molecular complexity index is 590. The summed E-state index contributed by atoms with van der Waals surface area (Å²) < 4.78 is 0.911. The Hall–Kier alpha value is -1.52. The number of anilines is 1. The molecule has 1 amide bonds. The van der Waals surface area contributed by atoms with Crippen LogP contribution in [0.3, 0.4) is 0 Å². The normalized spacial score (nSPS) is 10.1. The summed E-state index contributed by atoms with van der Waals surface area (Å²) >= 11 is 9.40. The van der Waals surface area contributed by atoms with Gasteiger partial charge in [-0.2, -0.15) is 0 Å². The molecule has 0 aromatic heterocycles. The summed E-state index contributed by atoms with van der Waals surface area (Å²) in [5.74, 6) is -0.0788. The van der Waals surface area contributed by atoms with Crippen LogP contribution in [-0.2, 0) is 11.3 Å². The van der Waals surface area contributed by atoms with Crippen LogP contribution in [0.1, 0.15) is 5.56 Å². The molecule has 5 heteroatoms. The number of halogens is 2. The van der Waals surface area contributed by atoms with Crippen molar-refractivity contribution >= 4 is 39.1 Å².